The van der Waals surface area contributed by atoms with Gasteiger partial charge in [0, 0.05) is 31.0 Å². The number of methoxy groups -OCH3 is 2. The van der Waals surface area contributed by atoms with E-state index in [0.29, 0.717) is 30.3 Å². The van der Waals surface area contributed by atoms with E-state index in [1.807, 2.05) is 35.8 Å². The maximum atomic E-state index is 11.6. The molecule has 1 aliphatic rings. The summed E-state index contributed by atoms with van der Waals surface area (Å²) in [5.41, 5.74) is 3.26. The smallest absolute Gasteiger partial charge is 0.241 e. The Morgan fingerprint density at radius 2 is 2.03 bits per heavy atom. The van der Waals surface area contributed by atoms with Gasteiger partial charge in [-0.25, -0.2) is 9.97 Å². The van der Waals surface area contributed by atoms with Crippen molar-refractivity contribution in [3.05, 3.63) is 30.6 Å². The maximum absolute atomic E-state index is 11.6. The number of hydrogen-bond acceptors (Lipinski definition) is 6. The number of amides is 1. The normalized spacial score (nSPS) is 17.1. The van der Waals surface area contributed by atoms with Gasteiger partial charge in [-0.1, -0.05) is 0 Å². The summed E-state index contributed by atoms with van der Waals surface area (Å²) >= 11 is 0. The fourth-order valence-corrected chi connectivity index (χ4v) is 3.76. The molecule has 0 bridgehead atoms. The third-order valence-electron chi connectivity index (χ3n) is 5.55. The summed E-state index contributed by atoms with van der Waals surface area (Å²) in [6.45, 7) is 5.40. The van der Waals surface area contributed by atoms with Crippen LogP contribution in [-0.2, 0) is 11.3 Å². The van der Waals surface area contributed by atoms with Gasteiger partial charge < -0.3 is 24.1 Å². The molecule has 8 nitrogen and oxygen atoms in total. The van der Waals surface area contributed by atoms with Gasteiger partial charge in [-0.3, -0.25) is 4.79 Å². The molecular weight excluding hydrogens is 384 g/mol. The molecule has 1 amide bonds. The summed E-state index contributed by atoms with van der Waals surface area (Å²) in [5, 5.41) is 2.87. The summed E-state index contributed by atoms with van der Waals surface area (Å²) in [5.74, 6) is 1.97. The fourth-order valence-electron chi connectivity index (χ4n) is 3.76. The van der Waals surface area contributed by atoms with Crippen LogP contribution in [0, 0.1) is 5.92 Å². The Hall–Kier alpha value is -3.29. The zero-order chi connectivity index (χ0) is 21.3. The van der Waals surface area contributed by atoms with E-state index in [2.05, 4.69) is 17.2 Å². The van der Waals surface area contributed by atoms with Crippen molar-refractivity contribution >= 4 is 16.9 Å². The fraction of sp³-hybridized carbons (Fsp3) is 0.409. The number of hydrogen-bond donors (Lipinski definition) is 1. The second kappa shape index (κ2) is 8.22. The summed E-state index contributed by atoms with van der Waals surface area (Å²) < 4.78 is 19.1. The van der Waals surface area contributed by atoms with E-state index in [4.69, 9.17) is 19.2 Å². The first-order valence-corrected chi connectivity index (χ1v) is 10.1. The molecule has 1 fully saturated rings. The average Bonchev–Trinajstić information content (AvgIpc) is 3.39. The van der Waals surface area contributed by atoms with E-state index in [9.17, 15) is 4.79 Å². The number of rotatable bonds is 7. The molecule has 1 N–H and O–H groups in total. The number of aryl methyl sites for hydroxylation is 1. The first-order chi connectivity index (χ1) is 14.5. The lowest BCUT2D eigenvalue weighted by Gasteiger charge is -2.20. The van der Waals surface area contributed by atoms with Crippen LogP contribution in [0.4, 0.5) is 0 Å². The molecule has 4 rings (SSSR count). The highest BCUT2D eigenvalue weighted by molar-refractivity contribution is 5.85. The number of nitrogens with one attached hydrogen (secondary N) is 1. The largest absolute Gasteiger partial charge is 0.493 e. The van der Waals surface area contributed by atoms with Crippen molar-refractivity contribution in [3.8, 4) is 28.6 Å². The summed E-state index contributed by atoms with van der Waals surface area (Å²) in [7, 11) is 3.21. The minimum atomic E-state index is -0.166. The second-order valence-electron chi connectivity index (χ2n) is 7.37. The highest BCUT2D eigenvalue weighted by atomic mass is 16.5. The highest BCUT2D eigenvalue weighted by Gasteiger charge is 2.29. The van der Waals surface area contributed by atoms with Crippen molar-refractivity contribution in [1.29, 1.82) is 0 Å². The Kier molecular flexibility index (Phi) is 5.48. The van der Waals surface area contributed by atoms with Crippen LogP contribution in [0.2, 0.25) is 0 Å². The third-order valence-corrected chi connectivity index (χ3v) is 5.55. The van der Waals surface area contributed by atoms with Crippen molar-refractivity contribution in [1.82, 2.24) is 19.9 Å². The molecule has 1 aromatic carbocycles. The number of nitrogens with zero attached hydrogens (tertiary/aromatic N) is 3. The van der Waals surface area contributed by atoms with E-state index in [1.54, 1.807) is 20.5 Å². The Labute approximate surface area is 175 Å². The molecule has 0 saturated carbocycles. The molecule has 0 radical (unpaired) electrons. The van der Waals surface area contributed by atoms with Gasteiger partial charge in [0.05, 0.1) is 31.8 Å². The number of carbonyl (C=O) groups excluding carboxylic acids is 1. The molecule has 1 saturated heterocycles. The second-order valence-corrected chi connectivity index (χ2v) is 7.37. The molecule has 1 unspecified atom stereocenters. The minimum Gasteiger partial charge on any atom is -0.493 e. The van der Waals surface area contributed by atoms with Crippen LogP contribution in [0.15, 0.2) is 30.6 Å². The average molecular weight is 410 g/mol. The Morgan fingerprint density at radius 1 is 1.23 bits per heavy atom. The number of imidazole rings is 1. The molecule has 0 spiro atoms. The molecule has 0 aliphatic carbocycles. The monoisotopic (exact) mass is 410 g/mol. The molecule has 30 heavy (non-hydrogen) atoms. The van der Waals surface area contributed by atoms with Crippen LogP contribution in [-0.4, -0.2) is 47.3 Å². The van der Waals surface area contributed by atoms with E-state index in [-0.39, 0.29) is 17.9 Å². The van der Waals surface area contributed by atoms with Gasteiger partial charge in [0.2, 0.25) is 11.8 Å². The van der Waals surface area contributed by atoms with Gasteiger partial charge in [0.1, 0.15) is 11.6 Å². The van der Waals surface area contributed by atoms with Crippen LogP contribution in [0.25, 0.3) is 22.3 Å². The number of aromatic nitrogens is 3. The molecule has 1 aliphatic heterocycles. The molecule has 158 valence electrons. The minimum absolute atomic E-state index is 0.0613. The highest BCUT2D eigenvalue weighted by Crippen LogP contribution is 2.35. The van der Waals surface area contributed by atoms with Crippen LogP contribution in [0.3, 0.4) is 0 Å². The topological polar surface area (TPSA) is 87.5 Å². The lowest BCUT2D eigenvalue weighted by Crippen LogP contribution is -2.26. The Bertz CT molecular complexity index is 1080. The van der Waals surface area contributed by atoms with Crippen LogP contribution in [0.1, 0.15) is 20.3 Å². The summed E-state index contributed by atoms with van der Waals surface area (Å²) in [4.78, 5) is 21.0. The van der Waals surface area contributed by atoms with Crippen LogP contribution < -0.4 is 19.5 Å². The quantitative estimate of drug-likeness (QED) is 0.644. The molecule has 2 aromatic heterocycles. The zero-order valence-corrected chi connectivity index (χ0v) is 17.6. The lowest BCUT2D eigenvalue weighted by molar-refractivity contribution is -0.119. The van der Waals surface area contributed by atoms with Crippen LogP contribution in [0.5, 0.6) is 17.4 Å². The van der Waals surface area contributed by atoms with Gasteiger partial charge in [0.15, 0.2) is 11.5 Å². The zero-order valence-electron chi connectivity index (χ0n) is 17.6. The number of benzene rings is 1. The van der Waals surface area contributed by atoms with Gasteiger partial charge >= 0.3 is 0 Å². The van der Waals surface area contributed by atoms with Crippen molar-refractivity contribution in [3.63, 3.8) is 0 Å². The number of carbonyl (C=O) groups is 1. The number of ether oxygens (including phenoxy) is 3. The van der Waals surface area contributed by atoms with Crippen molar-refractivity contribution < 1.29 is 19.0 Å². The molecule has 8 heteroatoms. The van der Waals surface area contributed by atoms with Crippen LogP contribution >= 0.6 is 0 Å². The van der Waals surface area contributed by atoms with E-state index >= 15 is 0 Å². The number of fused-ring (bicyclic) bond motifs is 1. The first kappa shape index (κ1) is 20.0. The van der Waals surface area contributed by atoms with Gasteiger partial charge in [-0.15, -0.1) is 0 Å². The summed E-state index contributed by atoms with van der Waals surface area (Å²) in [6, 6.07) is 7.61. The van der Waals surface area contributed by atoms with Gasteiger partial charge in [-0.2, -0.15) is 0 Å². The SMILES string of the molecule is CCn1cnc2cc(-c3ccc(OC)c(OC)c3)nc(O[C@H](C)C3CNC(=O)C3)c21. The molecule has 3 aromatic rings. The van der Waals surface area contributed by atoms with Gasteiger partial charge in [-0.05, 0) is 38.1 Å². The van der Waals surface area contributed by atoms with Crippen molar-refractivity contribution in [2.75, 3.05) is 20.8 Å². The molecule has 3 heterocycles. The predicted molar refractivity (Wildman–Crippen MR) is 113 cm³/mol. The molecule has 2 atom stereocenters. The van der Waals surface area contributed by atoms with E-state index < -0.39 is 0 Å². The van der Waals surface area contributed by atoms with Crippen molar-refractivity contribution in [2.45, 2.75) is 32.9 Å². The molecular formula is C22H26N4O4. The summed E-state index contributed by atoms with van der Waals surface area (Å²) in [6.07, 6.45) is 2.09. The first-order valence-electron chi connectivity index (χ1n) is 10.1. The van der Waals surface area contributed by atoms with E-state index in [0.717, 1.165) is 28.8 Å². The van der Waals surface area contributed by atoms with Gasteiger partial charge in [0.25, 0.3) is 0 Å². The standard InChI is InChI=1S/C22H26N4O4/c1-5-26-12-24-17-10-16(14-6-7-18(28-3)19(8-14)29-4)25-22(21(17)26)30-13(2)15-9-20(27)23-11-15/h6-8,10,12-13,15H,5,9,11H2,1-4H3,(H,23,27)/t13-,15?/m1/s1. The maximum Gasteiger partial charge on any atom is 0.241 e. The Balaban J connectivity index is 1.76. The predicted octanol–water partition coefficient (Wildman–Crippen LogP) is 3.04. The Morgan fingerprint density at radius 3 is 2.70 bits per heavy atom. The third kappa shape index (κ3) is 3.65. The lowest BCUT2D eigenvalue weighted by atomic mass is 10.0. The number of pyridine rings is 1. The van der Waals surface area contributed by atoms with Crippen molar-refractivity contribution in [2.24, 2.45) is 5.92 Å². The van der Waals surface area contributed by atoms with E-state index in [1.165, 1.54) is 0 Å².